The molecule has 0 radical (unpaired) electrons. The van der Waals surface area contributed by atoms with Crippen LogP contribution in [0, 0.1) is 0 Å². The molecule has 0 unspecified atom stereocenters. The highest BCUT2D eigenvalue weighted by Gasteiger charge is 2.11. The summed E-state index contributed by atoms with van der Waals surface area (Å²) in [7, 11) is -3.31. The van der Waals surface area contributed by atoms with Gasteiger partial charge in [-0.15, -0.1) is 0 Å². The summed E-state index contributed by atoms with van der Waals surface area (Å²) < 4.78 is 27.9. The molecule has 1 rings (SSSR count). The number of sulfone groups is 1. The number of carbonyl (C=O) groups is 1. The van der Waals surface area contributed by atoms with Gasteiger partial charge in [0.15, 0.2) is 9.84 Å². The van der Waals surface area contributed by atoms with Gasteiger partial charge < -0.3 is 15.8 Å². The molecule has 0 spiro atoms. The molecular formula is C12H18N2O4S. The molecule has 3 N–H and O–H groups in total. The van der Waals surface area contributed by atoms with E-state index in [0.29, 0.717) is 31.9 Å². The lowest BCUT2D eigenvalue weighted by molar-refractivity contribution is 0.0919. The van der Waals surface area contributed by atoms with E-state index in [2.05, 4.69) is 5.32 Å². The predicted octanol–water partition coefficient (Wildman–Crippen LogP) is -0.205. The van der Waals surface area contributed by atoms with Crippen molar-refractivity contribution in [1.82, 2.24) is 5.32 Å². The molecule has 0 heterocycles. The molecule has 0 bridgehead atoms. The zero-order valence-corrected chi connectivity index (χ0v) is 11.6. The molecule has 1 aromatic rings. The average Bonchev–Trinajstić information content (AvgIpc) is 2.37. The molecule has 0 aliphatic heterocycles. The highest BCUT2D eigenvalue weighted by atomic mass is 32.2. The standard InChI is InChI=1S/C12H18N2O4S/c1-19(16,17)11-4-2-3-10(9-11)12(15)14-6-8-18-7-5-13/h2-4,9H,5-8,13H2,1H3,(H,14,15). The van der Waals surface area contributed by atoms with Crippen LogP contribution >= 0.6 is 0 Å². The molecule has 0 aliphatic carbocycles. The summed E-state index contributed by atoms with van der Waals surface area (Å²) >= 11 is 0. The van der Waals surface area contributed by atoms with Crippen molar-refractivity contribution < 1.29 is 17.9 Å². The van der Waals surface area contributed by atoms with Crippen LogP contribution in [-0.4, -0.2) is 46.9 Å². The minimum atomic E-state index is -3.31. The van der Waals surface area contributed by atoms with E-state index in [1.54, 1.807) is 6.07 Å². The van der Waals surface area contributed by atoms with Crippen molar-refractivity contribution in [1.29, 1.82) is 0 Å². The van der Waals surface area contributed by atoms with Gasteiger partial charge in [0.2, 0.25) is 0 Å². The summed E-state index contributed by atoms with van der Waals surface area (Å²) in [5, 5.41) is 2.64. The van der Waals surface area contributed by atoms with Crippen molar-refractivity contribution >= 4 is 15.7 Å². The maximum atomic E-state index is 11.8. The third kappa shape index (κ3) is 5.37. The minimum absolute atomic E-state index is 0.125. The van der Waals surface area contributed by atoms with Gasteiger partial charge in [-0.25, -0.2) is 8.42 Å². The first-order valence-electron chi connectivity index (χ1n) is 5.81. The normalized spacial score (nSPS) is 11.3. The molecule has 0 aliphatic rings. The smallest absolute Gasteiger partial charge is 0.251 e. The van der Waals surface area contributed by atoms with Gasteiger partial charge in [0.05, 0.1) is 18.1 Å². The molecule has 106 valence electrons. The van der Waals surface area contributed by atoms with Crippen molar-refractivity contribution in [3.8, 4) is 0 Å². The summed E-state index contributed by atoms with van der Waals surface area (Å²) in [5.41, 5.74) is 5.56. The first-order chi connectivity index (χ1) is 8.95. The Bertz CT molecular complexity index is 528. The molecule has 0 fully saturated rings. The lowest BCUT2D eigenvalue weighted by Gasteiger charge is -2.06. The van der Waals surface area contributed by atoms with E-state index < -0.39 is 9.84 Å². The SMILES string of the molecule is CS(=O)(=O)c1cccc(C(=O)NCCOCCN)c1. The second-order valence-electron chi connectivity index (χ2n) is 3.96. The van der Waals surface area contributed by atoms with Crippen LogP contribution in [0.1, 0.15) is 10.4 Å². The highest BCUT2D eigenvalue weighted by Crippen LogP contribution is 2.11. The molecule has 0 atom stereocenters. The van der Waals surface area contributed by atoms with E-state index in [1.165, 1.54) is 18.2 Å². The fraction of sp³-hybridized carbons (Fsp3) is 0.417. The van der Waals surface area contributed by atoms with Crippen molar-refractivity contribution in [2.45, 2.75) is 4.90 Å². The van der Waals surface area contributed by atoms with Gasteiger partial charge in [0, 0.05) is 24.9 Å². The minimum Gasteiger partial charge on any atom is -0.378 e. The largest absolute Gasteiger partial charge is 0.378 e. The van der Waals surface area contributed by atoms with E-state index in [-0.39, 0.29) is 10.8 Å². The van der Waals surface area contributed by atoms with Gasteiger partial charge in [-0.3, -0.25) is 4.79 Å². The zero-order valence-electron chi connectivity index (χ0n) is 10.8. The van der Waals surface area contributed by atoms with Crippen LogP contribution in [-0.2, 0) is 14.6 Å². The quantitative estimate of drug-likeness (QED) is 0.676. The van der Waals surface area contributed by atoms with E-state index in [1.807, 2.05) is 0 Å². The zero-order chi connectivity index (χ0) is 14.3. The van der Waals surface area contributed by atoms with E-state index >= 15 is 0 Å². The molecule has 6 nitrogen and oxygen atoms in total. The van der Waals surface area contributed by atoms with Crippen molar-refractivity contribution in [2.75, 3.05) is 32.6 Å². The molecule has 0 saturated carbocycles. The number of amides is 1. The fourth-order valence-corrected chi connectivity index (χ4v) is 2.06. The van der Waals surface area contributed by atoms with Crippen LogP contribution in [0.15, 0.2) is 29.2 Å². The monoisotopic (exact) mass is 286 g/mol. The summed E-state index contributed by atoms with van der Waals surface area (Å²) in [6.45, 7) is 1.60. The van der Waals surface area contributed by atoms with E-state index in [9.17, 15) is 13.2 Å². The first-order valence-corrected chi connectivity index (χ1v) is 7.70. The molecule has 0 aromatic heterocycles. The highest BCUT2D eigenvalue weighted by molar-refractivity contribution is 7.90. The summed E-state index contributed by atoms with van der Waals surface area (Å²) in [5.74, 6) is -0.332. The Morgan fingerprint density at radius 2 is 2.11 bits per heavy atom. The maximum absolute atomic E-state index is 11.8. The second kappa shape index (κ2) is 7.22. The molecule has 1 amide bonds. The Kier molecular flexibility index (Phi) is 5.94. The van der Waals surface area contributed by atoms with E-state index in [0.717, 1.165) is 6.26 Å². The predicted molar refractivity (Wildman–Crippen MR) is 71.8 cm³/mol. The average molecular weight is 286 g/mol. The summed E-state index contributed by atoms with van der Waals surface area (Å²) in [6, 6.07) is 5.91. The Hall–Kier alpha value is -1.44. The number of nitrogens with two attached hydrogens (primary N) is 1. The van der Waals surface area contributed by atoms with Crippen LogP contribution in [0.3, 0.4) is 0 Å². The van der Waals surface area contributed by atoms with Crippen molar-refractivity contribution in [3.05, 3.63) is 29.8 Å². The Labute approximate surface area is 112 Å². The Morgan fingerprint density at radius 1 is 1.37 bits per heavy atom. The van der Waals surface area contributed by atoms with Crippen LogP contribution in [0.5, 0.6) is 0 Å². The van der Waals surface area contributed by atoms with Crippen LogP contribution in [0.25, 0.3) is 0 Å². The Morgan fingerprint density at radius 3 is 2.74 bits per heavy atom. The number of hydrogen-bond donors (Lipinski definition) is 2. The van der Waals surface area contributed by atoms with Gasteiger partial charge in [0.1, 0.15) is 0 Å². The number of nitrogens with one attached hydrogen (secondary N) is 1. The van der Waals surface area contributed by atoms with Gasteiger partial charge in [-0.05, 0) is 18.2 Å². The summed E-state index contributed by atoms with van der Waals surface area (Å²) in [6.07, 6.45) is 1.10. The maximum Gasteiger partial charge on any atom is 0.251 e. The molecule has 7 heteroatoms. The number of hydrogen-bond acceptors (Lipinski definition) is 5. The van der Waals surface area contributed by atoms with Crippen molar-refractivity contribution in [2.24, 2.45) is 5.73 Å². The third-order valence-electron chi connectivity index (χ3n) is 2.32. The van der Waals surface area contributed by atoms with Gasteiger partial charge in [-0.2, -0.15) is 0 Å². The van der Waals surface area contributed by atoms with E-state index in [4.69, 9.17) is 10.5 Å². The topological polar surface area (TPSA) is 98.5 Å². The lowest BCUT2D eigenvalue weighted by atomic mass is 10.2. The fourth-order valence-electron chi connectivity index (χ4n) is 1.39. The molecule has 0 saturated heterocycles. The molecule has 19 heavy (non-hydrogen) atoms. The van der Waals surface area contributed by atoms with Crippen LogP contribution < -0.4 is 11.1 Å². The number of rotatable bonds is 7. The third-order valence-corrected chi connectivity index (χ3v) is 3.43. The van der Waals surface area contributed by atoms with Gasteiger partial charge >= 0.3 is 0 Å². The molecular weight excluding hydrogens is 268 g/mol. The first kappa shape index (κ1) is 15.6. The Balaban J connectivity index is 2.58. The number of benzene rings is 1. The van der Waals surface area contributed by atoms with Crippen molar-refractivity contribution in [3.63, 3.8) is 0 Å². The second-order valence-corrected chi connectivity index (χ2v) is 5.97. The van der Waals surface area contributed by atoms with Crippen LogP contribution in [0.2, 0.25) is 0 Å². The van der Waals surface area contributed by atoms with Gasteiger partial charge in [0.25, 0.3) is 5.91 Å². The van der Waals surface area contributed by atoms with Crippen LogP contribution in [0.4, 0.5) is 0 Å². The number of ether oxygens (including phenoxy) is 1. The summed E-state index contributed by atoms with van der Waals surface area (Å²) in [4.78, 5) is 11.9. The number of carbonyl (C=O) groups excluding carboxylic acids is 1. The lowest BCUT2D eigenvalue weighted by Crippen LogP contribution is -2.28. The van der Waals surface area contributed by atoms with Gasteiger partial charge in [-0.1, -0.05) is 6.07 Å². The molecule has 1 aromatic carbocycles.